The molecule has 0 spiro atoms. The summed E-state index contributed by atoms with van der Waals surface area (Å²) in [4.78, 5) is 72.0. The Balaban J connectivity index is 0.000000778. The van der Waals surface area contributed by atoms with Crippen LogP contribution in [0.2, 0.25) is 0 Å². The molecule has 3 aromatic carbocycles. The molecule has 0 saturated carbocycles. The van der Waals surface area contributed by atoms with E-state index in [2.05, 4.69) is 101 Å². The number of nitrogens with one attached hydrogen (secondary N) is 9. The Morgan fingerprint density at radius 3 is 1.02 bits per heavy atom. The first kappa shape index (κ1) is 72.4. The highest BCUT2D eigenvalue weighted by Crippen LogP contribution is 2.39. The predicted octanol–water partition coefficient (Wildman–Crippen LogP) is 14.2. The van der Waals surface area contributed by atoms with Crippen LogP contribution < -0.4 is 46.6 Å². The Morgan fingerprint density at radius 2 is 0.758 bits per heavy atom. The number of H-pyrrole nitrogens is 3. The molecule has 0 bridgehead atoms. The third-order valence-electron chi connectivity index (χ3n) is 17.0. The SMILES string of the molecule is CCC(=O)Nc1ccc(Sc2nc(Nc3cc(C)[nH]n3)cc(N3CC(O)(C(C)C)C3)n2)cc1.CCC(=O)Nc1ccc(Sc2nc(Nc3cc(C)[nH]n3)cc(N3CC(O)(C(C)CC)C3)n2)cc1.CCC(=O)Nc1ccc(Sc2nc(Nc3cc(C)[nH]n3)cc(N3CC(O)(CC)C3)n2)cc1.[HH].[HH].[HH].[HH].[HH].[HH].[HH].[HH].[HH]. The van der Waals surface area contributed by atoms with Crippen LogP contribution in [0.25, 0.3) is 0 Å². The van der Waals surface area contributed by atoms with Gasteiger partial charge in [-0.1, -0.05) is 61.8 Å². The van der Waals surface area contributed by atoms with E-state index in [9.17, 15) is 29.7 Å². The molecule has 12 rings (SSSR count). The molecule has 1 atom stereocenters. The van der Waals surface area contributed by atoms with Crippen molar-refractivity contribution >= 4 is 122 Å². The van der Waals surface area contributed by atoms with Crippen LogP contribution in [0.15, 0.2) is 139 Å². The van der Waals surface area contributed by atoms with E-state index < -0.39 is 16.8 Å². The van der Waals surface area contributed by atoms with Crippen molar-refractivity contribution in [2.75, 3.05) is 85.9 Å². The molecule has 0 aliphatic carbocycles. The van der Waals surface area contributed by atoms with Gasteiger partial charge in [0.25, 0.3) is 0 Å². The highest BCUT2D eigenvalue weighted by molar-refractivity contribution is 7.99. The minimum absolute atomic E-state index is 0. The molecule has 3 aliphatic rings. The lowest BCUT2D eigenvalue weighted by molar-refractivity contribution is -0.116. The molecule has 27 nitrogen and oxygen atoms in total. The van der Waals surface area contributed by atoms with Crippen LogP contribution >= 0.6 is 35.3 Å². The fourth-order valence-corrected chi connectivity index (χ4v) is 12.7. The van der Waals surface area contributed by atoms with Gasteiger partial charge >= 0.3 is 0 Å². The Bertz CT molecular complexity index is 4250. The Morgan fingerprint density at radius 1 is 0.455 bits per heavy atom. The van der Waals surface area contributed by atoms with Crippen molar-refractivity contribution in [2.45, 2.75) is 155 Å². The molecule has 3 fully saturated rings. The number of aryl methyl sites for hydroxylation is 3. The second-order valence-corrected chi connectivity index (χ2v) is 28.4. The van der Waals surface area contributed by atoms with Crippen LogP contribution in [0.5, 0.6) is 0 Å². The average molecular weight is 1420 g/mol. The topological polar surface area (TPSA) is 357 Å². The van der Waals surface area contributed by atoms with Crippen molar-refractivity contribution in [3.8, 4) is 0 Å². The second-order valence-electron chi connectivity index (χ2n) is 25.3. The van der Waals surface area contributed by atoms with Crippen LogP contribution in [0.1, 0.15) is 117 Å². The first-order chi connectivity index (χ1) is 47.4. The largest absolute Gasteiger partial charge is 0.386 e. The fourth-order valence-electron chi connectivity index (χ4n) is 10.4. The van der Waals surface area contributed by atoms with Gasteiger partial charge in [0.1, 0.15) is 46.1 Å². The van der Waals surface area contributed by atoms with Gasteiger partial charge in [-0.3, -0.25) is 29.7 Å². The second kappa shape index (κ2) is 32.1. The quantitative estimate of drug-likeness (QED) is 0.0236. The summed E-state index contributed by atoms with van der Waals surface area (Å²) in [5.74, 6) is 6.48. The molecule has 30 heteroatoms. The molecule has 9 aromatic rings. The van der Waals surface area contributed by atoms with Gasteiger partial charge in [0, 0.05) is 130 Å². The van der Waals surface area contributed by atoms with Gasteiger partial charge in [0.15, 0.2) is 32.9 Å². The van der Waals surface area contributed by atoms with Gasteiger partial charge in [-0.05, 0) is 147 Å². The summed E-state index contributed by atoms with van der Waals surface area (Å²) < 4.78 is 0. The van der Waals surface area contributed by atoms with Crippen LogP contribution in [0, 0.1) is 32.6 Å². The fraction of sp³-hybridized carbons (Fsp3) is 0.391. The van der Waals surface area contributed by atoms with Gasteiger partial charge in [-0.15, -0.1) is 0 Å². The van der Waals surface area contributed by atoms with Gasteiger partial charge in [-0.25, -0.2) is 29.9 Å². The van der Waals surface area contributed by atoms with Crippen molar-refractivity contribution in [3.63, 3.8) is 0 Å². The number of hydrogen-bond donors (Lipinski definition) is 12. The summed E-state index contributed by atoms with van der Waals surface area (Å²) in [6.45, 7) is 24.7. The maximum atomic E-state index is 11.6. The zero-order chi connectivity index (χ0) is 70.6. The van der Waals surface area contributed by atoms with E-state index in [1.807, 2.05) is 176 Å². The molecule has 540 valence electrons. The minimum atomic E-state index is -0.704. The molecule has 12 N–H and O–H groups in total. The Kier molecular flexibility index (Phi) is 23.5. The number of β-amino-alcohol motifs (C(OH)–C–C–N with tert-alkyl or cyclic N) is 3. The van der Waals surface area contributed by atoms with Crippen LogP contribution in [0.3, 0.4) is 0 Å². The summed E-state index contributed by atoms with van der Waals surface area (Å²) in [6.07, 6.45) is 2.94. The minimum Gasteiger partial charge on any atom is -0.386 e. The van der Waals surface area contributed by atoms with Crippen LogP contribution in [-0.4, -0.2) is 150 Å². The van der Waals surface area contributed by atoms with Crippen molar-refractivity contribution in [1.82, 2.24) is 60.5 Å². The third kappa shape index (κ3) is 19.5. The number of benzene rings is 3. The molecule has 9 heterocycles. The van der Waals surface area contributed by atoms with E-state index in [1.165, 1.54) is 35.3 Å². The Hall–Kier alpha value is -9.33. The van der Waals surface area contributed by atoms with E-state index >= 15 is 0 Å². The molecule has 3 saturated heterocycles. The van der Waals surface area contributed by atoms with E-state index in [-0.39, 0.29) is 42.4 Å². The number of carbonyl (C=O) groups excluding carboxylic acids is 3. The standard InChI is InChI=1S/C24H31N7O2S.C23H29N7O2S.C22H27N7O2S.9H2/c1-5-15(3)24(33)13-31(14-24)21-12-19(26-20-11-16(4)29-30-20)27-23(28-21)34-18-9-7-17(8-10-18)25-22(32)6-2;1-5-21(31)24-16-6-8-17(9-7-16)33-22-26-18(25-19-10-15(4)28-29-19)11-20(27-22)30-12-23(32,13-30)14(2)3;1-4-20(30)23-15-6-8-16(9-7-15)32-21-25-17(24-18-10-14(3)27-28-18)11-19(26-21)29-12-22(31,5-2)13-29;;;;;;;;;/h7-12,15,33H,5-6,13-14H2,1-4H3,(H,25,32)(H2,26,27,28,29,30);6-11,14,32H,5,12-13H2,1-4H3,(H,24,31)(H2,25,26,27,28,29);6-11,31H,4-5,12-13H2,1-3H3,(H,23,30)(H2,24,25,26,27,28);9*1H. The summed E-state index contributed by atoms with van der Waals surface area (Å²) in [5.41, 5.74) is 3.04. The first-order valence-electron chi connectivity index (χ1n) is 33.1. The smallest absolute Gasteiger partial charge is 0.224 e. The number of hydrogen-bond acceptors (Lipinski definition) is 24. The number of rotatable bonds is 25. The molecule has 3 amide bonds. The molecular formula is C69H105N21O6S3. The monoisotopic (exact) mass is 1420 g/mol. The van der Waals surface area contributed by atoms with Crippen molar-refractivity contribution in [1.29, 1.82) is 0 Å². The summed E-state index contributed by atoms with van der Waals surface area (Å²) in [6, 6.07) is 34.1. The summed E-state index contributed by atoms with van der Waals surface area (Å²) >= 11 is 4.30. The van der Waals surface area contributed by atoms with Crippen molar-refractivity contribution in [3.05, 3.63) is 126 Å². The van der Waals surface area contributed by atoms with Gasteiger partial charge in [0.05, 0.1) is 31.8 Å². The van der Waals surface area contributed by atoms with E-state index in [1.54, 1.807) is 0 Å². The molecule has 3 aliphatic heterocycles. The van der Waals surface area contributed by atoms with Crippen LogP contribution in [-0.2, 0) is 14.4 Å². The third-order valence-corrected chi connectivity index (χ3v) is 19.7. The number of aliphatic hydroxyl groups is 3. The summed E-state index contributed by atoms with van der Waals surface area (Å²) in [5, 5.41) is 73.4. The lowest BCUT2D eigenvalue weighted by atomic mass is 9.80. The van der Waals surface area contributed by atoms with E-state index in [4.69, 9.17) is 15.0 Å². The van der Waals surface area contributed by atoms with Gasteiger partial charge < -0.3 is 61.9 Å². The Labute approximate surface area is 602 Å². The number of aromatic amines is 3. The zero-order valence-corrected chi connectivity index (χ0v) is 59.9. The first-order valence-corrected chi connectivity index (χ1v) is 35.5. The highest BCUT2D eigenvalue weighted by Gasteiger charge is 2.46. The highest BCUT2D eigenvalue weighted by atomic mass is 32.2. The maximum Gasteiger partial charge on any atom is 0.224 e. The van der Waals surface area contributed by atoms with Gasteiger partial charge in [-0.2, -0.15) is 15.3 Å². The predicted molar refractivity (Wildman–Crippen MR) is 409 cm³/mol. The number of nitrogens with zero attached hydrogens (tertiary/aromatic N) is 12. The zero-order valence-electron chi connectivity index (χ0n) is 57.5. The molecule has 6 aromatic heterocycles. The lowest BCUT2D eigenvalue weighted by Gasteiger charge is -2.50. The summed E-state index contributed by atoms with van der Waals surface area (Å²) in [7, 11) is 0. The maximum absolute atomic E-state index is 11.6. The number of anilines is 12. The lowest BCUT2D eigenvalue weighted by Crippen LogP contribution is -2.65. The molecular weight excluding hydrogens is 1320 g/mol. The van der Waals surface area contributed by atoms with Crippen molar-refractivity contribution < 1.29 is 42.5 Å². The number of carbonyl (C=O) groups is 3. The number of amides is 3. The molecule has 0 radical (unpaired) electrons. The van der Waals surface area contributed by atoms with E-state index in [0.717, 1.165) is 72.7 Å². The van der Waals surface area contributed by atoms with E-state index in [0.29, 0.717) is 115 Å². The van der Waals surface area contributed by atoms with Crippen LogP contribution in [0.4, 0.5) is 69.4 Å². The van der Waals surface area contributed by atoms with Gasteiger partial charge in [0.2, 0.25) is 17.7 Å². The normalized spacial score (nSPS) is 15.0. The van der Waals surface area contributed by atoms with Crippen molar-refractivity contribution in [2.24, 2.45) is 11.8 Å². The number of aromatic nitrogens is 12. The average Bonchev–Trinajstić information content (AvgIpc) is 0.854. The molecule has 1 unspecified atom stereocenters. The molecule has 99 heavy (non-hydrogen) atoms.